The van der Waals surface area contributed by atoms with Crippen molar-refractivity contribution < 1.29 is 21.7 Å². The van der Waals surface area contributed by atoms with Crippen molar-refractivity contribution in [3.8, 4) is 0 Å². The Morgan fingerprint density at radius 3 is 1.29 bits per heavy atom. The van der Waals surface area contributed by atoms with E-state index in [0.717, 1.165) is 19.3 Å². The van der Waals surface area contributed by atoms with Gasteiger partial charge in [-0.25, -0.2) is 0 Å². The van der Waals surface area contributed by atoms with E-state index in [2.05, 4.69) is 126 Å². The Balaban J connectivity index is 0.000000700. The molecule has 0 N–H and O–H groups in total. The molecule has 0 nitrogen and oxygen atoms in total. The monoisotopic (exact) mass is 698 g/mol. The van der Waals surface area contributed by atoms with Gasteiger partial charge in [-0.1, -0.05) is 180 Å². The summed E-state index contributed by atoms with van der Waals surface area (Å²) in [4.78, 5) is 0. The number of allylic oxidation sites excluding steroid dienone is 2. The van der Waals surface area contributed by atoms with Crippen LogP contribution < -0.4 is 0 Å². The molecule has 2 radical (unpaired) electrons. The molecule has 1 heterocycles. The molecule has 2 heteroatoms. The van der Waals surface area contributed by atoms with Crippen LogP contribution in [0.15, 0.2) is 35.4 Å². The van der Waals surface area contributed by atoms with E-state index in [0.29, 0.717) is 35.5 Å². The quantitative estimate of drug-likeness (QED) is 0.162. The van der Waals surface area contributed by atoms with Crippen molar-refractivity contribution in [1.29, 1.82) is 0 Å². The minimum atomic E-state index is 0. The van der Waals surface area contributed by atoms with Gasteiger partial charge in [0.2, 0.25) is 0 Å². The molecule has 0 spiro atoms. The van der Waals surface area contributed by atoms with Crippen molar-refractivity contribution >= 4 is 21.7 Å². The summed E-state index contributed by atoms with van der Waals surface area (Å²) in [6.07, 6.45) is 15.1. The molecule has 48 heavy (non-hydrogen) atoms. The minimum absolute atomic E-state index is 0. The first-order valence-corrected chi connectivity index (χ1v) is 21.0. The molecule has 2 aromatic rings. The third-order valence-electron chi connectivity index (χ3n) is 10.5. The van der Waals surface area contributed by atoms with E-state index in [1.54, 1.807) is 28.2 Å². The standard InChI is InChI=1S/C38H53.C4H8Si.C4H9.Ti/c1-12-15-30(37-26(13-2)16-33-31(24(8)9)18-28(22(4)5)20-35(33)37)38-27(14-3)17-34-32(25(10)11)19-29(23(6)7)21-36(34)38;1-2-4-5-3-1;1-3-4-2;/h16-25,37-38H,12-15H2,1-11H3;1-4H2;1,3-4H2,2H3;/q-1;;-1;+2. The summed E-state index contributed by atoms with van der Waals surface area (Å²) in [7, 11) is 1.31. The molecule has 1 fully saturated rings. The summed E-state index contributed by atoms with van der Waals surface area (Å²) in [6, 6.07) is 13.2. The number of hydrogen-bond acceptors (Lipinski definition) is 0. The van der Waals surface area contributed by atoms with Crippen molar-refractivity contribution in [3.05, 3.63) is 92.8 Å². The smallest absolute Gasteiger partial charge is 0.343 e. The molecule has 0 saturated carbocycles. The molecule has 0 bridgehead atoms. The predicted molar refractivity (Wildman–Crippen MR) is 214 cm³/mol. The van der Waals surface area contributed by atoms with Crippen molar-refractivity contribution in [3.63, 3.8) is 0 Å². The maximum absolute atomic E-state index is 3.60. The molecule has 1 aliphatic heterocycles. The van der Waals surface area contributed by atoms with E-state index < -0.39 is 0 Å². The van der Waals surface area contributed by atoms with E-state index in [-0.39, 0.29) is 21.7 Å². The van der Waals surface area contributed by atoms with E-state index >= 15 is 0 Å². The molecule has 2 atom stereocenters. The van der Waals surface area contributed by atoms with Crippen molar-refractivity contribution in [2.75, 3.05) is 0 Å². The van der Waals surface area contributed by atoms with Gasteiger partial charge in [-0.2, -0.15) is 12.8 Å². The van der Waals surface area contributed by atoms with E-state index in [1.165, 1.54) is 87.1 Å². The van der Waals surface area contributed by atoms with Gasteiger partial charge in [0, 0.05) is 9.52 Å². The van der Waals surface area contributed by atoms with Crippen LogP contribution in [-0.2, 0) is 21.7 Å². The predicted octanol–water partition coefficient (Wildman–Crippen LogP) is 15.0. The minimum Gasteiger partial charge on any atom is -0.343 e. The molecule has 3 aliphatic rings. The Bertz CT molecular complexity index is 1230. The van der Waals surface area contributed by atoms with Crippen LogP contribution in [-0.4, -0.2) is 9.52 Å². The first-order chi connectivity index (χ1) is 22.4. The largest absolute Gasteiger partial charge is 2.00 e. The molecule has 262 valence electrons. The van der Waals surface area contributed by atoms with Gasteiger partial charge < -0.3 is 6.92 Å². The van der Waals surface area contributed by atoms with Gasteiger partial charge in [0.15, 0.2) is 0 Å². The van der Waals surface area contributed by atoms with Crippen LogP contribution in [0.25, 0.3) is 12.2 Å². The molecule has 0 amide bonds. The van der Waals surface area contributed by atoms with E-state index in [1.807, 2.05) is 0 Å². The first-order valence-electron chi connectivity index (χ1n) is 19.6. The van der Waals surface area contributed by atoms with Crippen molar-refractivity contribution in [2.24, 2.45) is 0 Å². The second-order valence-electron chi connectivity index (χ2n) is 15.5. The van der Waals surface area contributed by atoms with Crippen LogP contribution in [0.5, 0.6) is 0 Å². The van der Waals surface area contributed by atoms with Gasteiger partial charge in [-0.05, 0) is 69.9 Å². The summed E-state index contributed by atoms with van der Waals surface area (Å²) in [5.74, 6) is 4.76. The van der Waals surface area contributed by atoms with E-state index in [9.17, 15) is 0 Å². The number of hydrogen-bond donors (Lipinski definition) is 0. The number of benzene rings is 2. The molecule has 2 aromatic carbocycles. The maximum atomic E-state index is 3.60. The fourth-order valence-electron chi connectivity index (χ4n) is 7.67. The first kappa shape index (κ1) is 43.0. The number of fused-ring (bicyclic) bond motifs is 2. The van der Waals surface area contributed by atoms with Crippen LogP contribution in [0.1, 0.15) is 214 Å². The summed E-state index contributed by atoms with van der Waals surface area (Å²) in [5.41, 5.74) is 15.6. The molecular weight excluding hydrogens is 628 g/mol. The van der Waals surface area contributed by atoms with Gasteiger partial charge in [0.1, 0.15) is 0 Å². The molecular formula is C46H70SiTi. The maximum Gasteiger partial charge on any atom is 2.00 e. The van der Waals surface area contributed by atoms with Crippen molar-refractivity contribution in [2.45, 2.75) is 182 Å². The molecule has 2 aliphatic carbocycles. The van der Waals surface area contributed by atoms with Crippen LogP contribution in [0.3, 0.4) is 0 Å². The van der Waals surface area contributed by atoms with Crippen LogP contribution in [0.4, 0.5) is 0 Å². The Kier molecular flexibility index (Phi) is 18.5. The molecule has 1 saturated heterocycles. The van der Waals surface area contributed by atoms with Gasteiger partial charge in [0.25, 0.3) is 0 Å². The van der Waals surface area contributed by atoms with Gasteiger partial charge in [0.05, 0.1) is 0 Å². The third-order valence-corrected chi connectivity index (χ3v) is 12.0. The van der Waals surface area contributed by atoms with E-state index in [4.69, 9.17) is 0 Å². The average molecular weight is 699 g/mol. The summed E-state index contributed by atoms with van der Waals surface area (Å²) in [6.45, 7) is 31.7. The Morgan fingerprint density at radius 2 is 1.04 bits per heavy atom. The summed E-state index contributed by atoms with van der Waals surface area (Å²) < 4.78 is 0. The summed E-state index contributed by atoms with van der Waals surface area (Å²) in [5, 5.41) is 0. The topological polar surface area (TPSA) is 0 Å². The second-order valence-corrected chi connectivity index (χ2v) is 17.0. The second kappa shape index (κ2) is 20.6. The van der Waals surface area contributed by atoms with Crippen LogP contribution >= 0.6 is 0 Å². The van der Waals surface area contributed by atoms with Crippen molar-refractivity contribution in [1.82, 2.24) is 0 Å². The Hall–Kier alpha value is -1.15. The van der Waals surface area contributed by atoms with Gasteiger partial charge in [-0.15, -0.1) is 11.8 Å². The molecule has 0 aromatic heterocycles. The van der Waals surface area contributed by atoms with Gasteiger partial charge >= 0.3 is 21.7 Å². The number of unbranched alkanes of at least 4 members (excludes halogenated alkanes) is 1. The average Bonchev–Trinajstić information content (AvgIpc) is 3.82. The fraction of sp³-hybridized carbons (Fsp3) is 0.609. The third kappa shape index (κ3) is 10.2. The molecule has 5 rings (SSSR count). The zero-order valence-electron chi connectivity index (χ0n) is 33.2. The Labute approximate surface area is 316 Å². The Morgan fingerprint density at radius 1 is 0.646 bits per heavy atom. The summed E-state index contributed by atoms with van der Waals surface area (Å²) >= 11 is 0. The molecule has 2 unspecified atom stereocenters. The fourth-order valence-corrected chi connectivity index (χ4v) is 8.92. The SMILES string of the molecule is C1CC[Si]C1.CCC[C-](C1C(CC)=Cc2c(C(C)C)cc(C(C)C)cc21)C1C(CC)=Cc2c(C(C)C)cc(C(C)C)cc21.[CH2-]CCC.[Ti+2]. The zero-order valence-corrected chi connectivity index (χ0v) is 35.8. The van der Waals surface area contributed by atoms with Gasteiger partial charge in [-0.3, -0.25) is 5.92 Å². The number of rotatable bonds is 11. The zero-order chi connectivity index (χ0) is 34.8. The van der Waals surface area contributed by atoms with Crippen LogP contribution in [0.2, 0.25) is 12.1 Å². The van der Waals surface area contributed by atoms with Crippen LogP contribution in [0, 0.1) is 12.8 Å². The normalized spacial score (nSPS) is 18.0.